The number of likely N-dealkylation sites (tertiary alicyclic amines) is 1. The Morgan fingerprint density at radius 3 is 2.48 bits per heavy atom. The van der Waals surface area contributed by atoms with Crippen LogP contribution in [0, 0.1) is 0 Å². The first kappa shape index (κ1) is 16.1. The highest BCUT2D eigenvalue weighted by Gasteiger charge is 2.45. The zero-order valence-corrected chi connectivity index (χ0v) is 13.1. The van der Waals surface area contributed by atoms with E-state index in [0.717, 1.165) is 50.4 Å². The number of guanidine groups is 1. The highest BCUT2D eigenvalue weighted by atomic mass is 19.4. The van der Waals surface area contributed by atoms with Crippen LogP contribution in [0.3, 0.4) is 0 Å². The van der Waals surface area contributed by atoms with Gasteiger partial charge in [0.1, 0.15) is 0 Å². The Kier molecular flexibility index (Phi) is 4.25. The molecule has 2 N–H and O–H groups in total. The maximum atomic E-state index is 12.9. The summed E-state index contributed by atoms with van der Waals surface area (Å²) in [5.41, 5.74) is 5.93. The number of benzene rings is 1. The molecule has 23 heavy (non-hydrogen) atoms. The van der Waals surface area contributed by atoms with Crippen molar-refractivity contribution in [2.45, 2.75) is 43.7 Å². The summed E-state index contributed by atoms with van der Waals surface area (Å²) in [6, 6.07) is 5.63. The first-order chi connectivity index (χ1) is 10.9. The predicted octanol–water partition coefficient (Wildman–Crippen LogP) is 3.54. The van der Waals surface area contributed by atoms with Gasteiger partial charge in [0.2, 0.25) is 0 Å². The molecule has 1 saturated heterocycles. The van der Waals surface area contributed by atoms with E-state index in [2.05, 4.69) is 9.89 Å². The highest BCUT2D eigenvalue weighted by Crippen LogP contribution is 2.49. The second-order valence-corrected chi connectivity index (χ2v) is 6.58. The Morgan fingerprint density at radius 2 is 1.87 bits per heavy atom. The summed E-state index contributed by atoms with van der Waals surface area (Å²) in [4.78, 5) is 6.56. The van der Waals surface area contributed by atoms with E-state index in [1.807, 2.05) is 0 Å². The Bertz CT molecular complexity index is 585. The van der Waals surface area contributed by atoms with Crippen LogP contribution in [0.2, 0.25) is 0 Å². The van der Waals surface area contributed by atoms with Gasteiger partial charge in [-0.2, -0.15) is 13.2 Å². The van der Waals surface area contributed by atoms with E-state index in [0.29, 0.717) is 12.5 Å². The van der Waals surface area contributed by atoms with Gasteiger partial charge in [-0.25, -0.2) is 0 Å². The van der Waals surface area contributed by atoms with Crippen molar-refractivity contribution in [3.8, 4) is 0 Å². The molecular weight excluding hydrogens is 303 g/mol. The van der Waals surface area contributed by atoms with Crippen molar-refractivity contribution in [2.75, 3.05) is 19.6 Å². The van der Waals surface area contributed by atoms with E-state index in [4.69, 9.17) is 5.73 Å². The van der Waals surface area contributed by atoms with Gasteiger partial charge in [-0.3, -0.25) is 4.99 Å². The molecular formula is C17H22F3N3. The third-order valence-corrected chi connectivity index (χ3v) is 4.88. The van der Waals surface area contributed by atoms with Crippen LogP contribution in [0.15, 0.2) is 29.3 Å². The fourth-order valence-electron chi connectivity index (χ4n) is 3.17. The second kappa shape index (κ2) is 6.06. The van der Waals surface area contributed by atoms with Gasteiger partial charge in [0.25, 0.3) is 0 Å². The number of piperidine rings is 1. The molecule has 0 bridgehead atoms. The van der Waals surface area contributed by atoms with Crippen LogP contribution in [0.4, 0.5) is 13.2 Å². The van der Waals surface area contributed by atoms with Crippen LogP contribution in [0.1, 0.15) is 43.2 Å². The summed E-state index contributed by atoms with van der Waals surface area (Å²) in [5, 5.41) is 0. The van der Waals surface area contributed by atoms with Crippen LogP contribution in [-0.2, 0) is 11.6 Å². The van der Waals surface area contributed by atoms with Crippen molar-refractivity contribution >= 4 is 5.96 Å². The molecule has 6 heteroatoms. The largest absolute Gasteiger partial charge is 0.416 e. The van der Waals surface area contributed by atoms with Crippen LogP contribution in [-0.4, -0.2) is 30.5 Å². The van der Waals surface area contributed by atoms with Crippen LogP contribution >= 0.6 is 0 Å². The highest BCUT2D eigenvalue weighted by molar-refractivity contribution is 5.78. The van der Waals surface area contributed by atoms with E-state index in [-0.39, 0.29) is 5.41 Å². The van der Waals surface area contributed by atoms with Gasteiger partial charge in [0, 0.05) is 18.5 Å². The van der Waals surface area contributed by atoms with Crippen LogP contribution in [0.5, 0.6) is 0 Å². The average molecular weight is 325 g/mol. The fourth-order valence-corrected chi connectivity index (χ4v) is 3.17. The maximum absolute atomic E-state index is 12.9. The van der Waals surface area contributed by atoms with E-state index in [9.17, 15) is 13.2 Å². The lowest BCUT2D eigenvalue weighted by atomic mass is 9.94. The molecule has 0 amide bonds. The van der Waals surface area contributed by atoms with Gasteiger partial charge in [-0.05, 0) is 43.7 Å². The molecule has 0 spiro atoms. The van der Waals surface area contributed by atoms with Gasteiger partial charge >= 0.3 is 6.18 Å². The molecule has 1 aliphatic carbocycles. The van der Waals surface area contributed by atoms with Crippen LogP contribution < -0.4 is 5.73 Å². The lowest BCUT2D eigenvalue weighted by Crippen LogP contribution is -2.41. The van der Waals surface area contributed by atoms with Crippen molar-refractivity contribution < 1.29 is 13.2 Å². The molecule has 0 aromatic heterocycles. The monoisotopic (exact) mass is 325 g/mol. The molecule has 2 fully saturated rings. The standard InChI is InChI=1S/C17H22F3N3/c18-17(19,20)14-6-4-5-13(11-14)16(7-8-16)12-22-15(21)23-9-2-1-3-10-23/h4-6,11H,1-3,7-10,12H2,(H2,21,22). The molecule has 0 unspecified atom stereocenters. The quantitative estimate of drug-likeness (QED) is 0.682. The summed E-state index contributed by atoms with van der Waals surface area (Å²) in [7, 11) is 0. The minimum Gasteiger partial charge on any atom is -0.370 e. The lowest BCUT2D eigenvalue weighted by molar-refractivity contribution is -0.137. The Labute approximate surface area is 134 Å². The molecule has 3 nitrogen and oxygen atoms in total. The number of alkyl halides is 3. The summed E-state index contributed by atoms with van der Waals surface area (Å²) in [6.07, 6.45) is 0.889. The Hall–Kier alpha value is -1.72. The van der Waals surface area contributed by atoms with E-state index < -0.39 is 11.7 Å². The third-order valence-electron chi connectivity index (χ3n) is 4.88. The Balaban J connectivity index is 1.72. The Morgan fingerprint density at radius 1 is 1.17 bits per heavy atom. The summed E-state index contributed by atoms with van der Waals surface area (Å²) < 4.78 is 38.6. The smallest absolute Gasteiger partial charge is 0.370 e. The number of hydrogen-bond donors (Lipinski definition) is 1. The number of nitrogens with zero attached hydrogens (tertiary/aromatic N) is 2. The van der Waals surface area contributed by atoms with Gasteiger partial charge in [0.05, 0.1) is 12.1 Å². The minimum absolute atomic E-state index is 0.262. The summed E-state index contributed by atoms with van der Waals surface area (Å²) >= 11 is 0. The van der Waals surface area contributed by atoms with E-state index >= 15 is 0 Å². The molecule has 1 saturated carbocycles. The topological polar surface area (TPSA) is 41.6 Å². The number of rotatable bonds is 3. The van der Waals surface area contributed by atoms with Crippen molar-refractivity contribution in [2.24, 2.45) is 10.7 Å². The maximum Gasteiger partial charge on any atom is 0.416 e. The zero-order valence-electron chi connectivity index (χ0n) is 13.1. The average Bonchev–Trinajstić information content (AvgIpc) is 3.34. The SMILES string of the molecule is NC(=NCC1(c2cccc(C(F)(F)F)c2)CC1)N1CCCCC1. The van der Waals surface area contributed by atoms with Gasteiger partial charge in [0.15, 0.2) is 5.96 Å². The summed E-state index contributed by atoms with van der Waals surface area (Å²) in [5.74, 6) is 0.531. The fraction of sp³-hybridized carbons (Fsp3) is 0.588. The van der Waals surface area contributed by atoms with Crippen LogP contribution in [0.25, 0.3) is 0 Å². The van der Waals surface area contributed by atoms with Crippen molar-refractivity contribution in [1.82, 2.24) is 4.90 Å². The molecule has 2 aliphatic rings. The number of aliphatic imine (C=N–C) groups is 1. The predicted molar refractivity (Wildman–Crippen MR) is 84.3 cm³/mol. The normalized spacial score (nSPS) is 21.3. The van der Waals surface area contributed by atoms with Gasteiger partial charge in [-0.1, -0.05) is 18.2 Å². The molecule has 1 aromatic carbocycles. The number of hydrogen-bond acceptors (Lipinski definition) is 1. The number of halogens is 3. The molecule has 1 aromatic rings. The third kappa shape index (κ3) is 3.62. The first-order valence-electron chi connectivity index (χ1n) is 8.13. The van der Waals surface area contributed by atoms with Gasteiger partial charge < -0.3 is 10.6 Å². The van der Waals surface area contributed by atoms with Crippen molar-refractivity contribution in [3.05, 3.63) is 35.4 Å². The molecule has 0 radical (unpaired) electrons. The first-order valence-corrected chi connectivity index (χ1v) is 8.13. The van der Waals surface area contributed by atoms with E-state index in [1.54, 1.807) is 6.07 Å². The molecule has 126 valence electrons. The zero-order chi connectivity index (χ0) is 16.5. The van der Waals surface area contributed by atoms with Gasteiger partial charge in [-0.15, -0.1) is 0 Å². The second-order valence-electron chi connectivity index (χ2n) is 6.58. The van der Waals surface area contributed by atoms with E-state index in [1.165, 1.54) is 18.6 Å². The summed E-state index contributed by atoms with van der Waals surface area (Å²) in [6.45, 7) is 2.31. The minimum atomic E-state index is -4.30. The number of nitrogens with two attached hydrogens (primary N) is 1. The molecule has 0 atom stereocenters. The van der Waals surface area contributed by atoms with Crippen molar-refractivity contribution in [3.63, 3.8) is 0 Å². The lowest BCUT2D eigenvalue weighted by Gasteiger charge is -2.28. The molecule has 1 heterocycles. The molecule has 1 aliphatic heterocycles. The van der Waals surface area contributed by atoms with Crippen molar-refractivity contribution in [1.29, 1.82) is 0 Å². The molecule has 3 rings (SSSR count).